The van der Waals surface area contributed by atoms with E-state index < -0.39 is 23.9 Å². The molecule has 0 spiro atoms. The van der Waals surface area contributed by atoms with Crippen LogP contribution in [0.4, 0.5) is 0 Å². The number of hydrogen-bond acceptors (Lipinski definition) is 6. The molecule has 0 radical (unpaired) electrons. The molecule has 3 N–H and O–H groups in total. The SMILES string of the molecule is CC1=C([C@H](O)CC/C(=C/c2ccc(O)c3ccccc23)c2ccccn2)[C@H](CO)[C@@H]2C(=O)N(C)C(=O)[C@@H]2C1. The predicted molar refractivity (Wildman–Crippen MR) is 146 cm³/mol. The van der Waals surface area contributed by atoms with Gasteiger partial charge in [0.05, 0.1) is 30.2 Å². The van der Waals surface area contributed by atoms with Crippen molar-refractivity contribution in [1.82, 2.24) is 9.88 Å². The van der Waals surface area contributed by atoms with Gasteiger partial charge in [-0.25, -0.2) is 0 Å². The fraction of sp³-hybridized carbons (Fsp3) is 0.323. The zero-order valence-electron chi connectivity index (χ0n) is 21.5. The highest BCUT2D eigenvalue weighted by Gasteiger charge is 2.53. The first-order valence-electron chi connectivity index (χ1n) is 12.9. The fourth-order valence-electron chi connectivity index (χ4n) is 6.17. The van der Waals surface area contributed by atoms with Crippen molar-refractivity contribution >= 4 is 34.2 Å². The number of amides is 2. The Morgan fingerprint density at radius 1 is 1.08 bits per heavy atom. The topological polar surface area (TPSA) is 111 Å². The number of imide groups is 1. The summed E-state index contributed by atoms with van der Waals surface area (Å²) in [6.45, 7) is 1.58. The molecule has 2 aromatic carbocycles. The number of pyridine rings is 1. The summed E-state index contributed by atoms with van der Waals surface area (Å²) in [5.74, 6) is -2.00. The summed E-state index contributed by atoms with van der Waals surface area (Å²) in [5.41, 5.74) is 4.15. The quantitative estimate of drug-likeness (QED) is 0.324. The second-order valence-corrected chi connectivity index (χ2v) is 10.3. The van der Waals surface area contributed by atoms with Gasteiger partial charge < -0.3 is 15.3 Å². The van der Waals surface area contributed by atoms with Crippen LogP contribution in [0.15, 0.2) is 71.9 Å². The van der Waals surface area contributed by atoms with Gasteiger partial charge in [0.25, 0.3) is 0 Å². The molecule has 2 aliphatic rings. The Morgan fingerprint density at radius 2 is 1.82 bits per heavy atom. The smallest absolute Gasteiger partial charge is 0.233 e. The standard InChI is InChI=1S/C31H32N2O5/c1-18-15-23-29(31(38)33(2)30(23)37)24(17-34)28(18)27(36)13-11-20(25-9-5-6-14-32-25)16-19-10-12-26(35)22-8-4-3-7-21(19)22/h3-10,12,14,16,23-24,27,29,34-36H,11,13,15,17H2,1-2H3/b20-16-/t23-,24+,27-,29-/m1/s1. The van der Waals surface area contributed by atoms with Gasteiger partial charge in [0, 0.05) is 24.5 Å². The third-order valence-corrected chi connectivity index (χ3v) is 8.05. The van der Waals surface area contributed by atoms with Crippen LogP contribution in [0.2, 0.25) is 0 Å². The third-order valence-electron chi connectivity index (χ3n) is 8.05. The molecule has 1 aromatic heterocycles. The van der Waals surface area contributed by atoms with Crippen molar-refractivity contribution in [2.45, 2.75) is 32.3 Å². The van der Waals surface area contributed by atoms with E-state index in [0.717, 1.165) is 38.1 Å². The first-order valence-corrected chi connectivity index (χ1v) is 12.9. The van der Waals surface area contributed by atoms with Crippen molar-refractivity contribution in [2.75, 3.05) is 13.7 Å². The van der Waals surface area contributed by atoms with Gasteiger partial charge in [0.15, 0.2) is 0 Å². The zero-order chi connectivity index (χ0) is 27.0. The van der Waals surface area contributed by atoms with Gasteiger partial charge >= 0.3 is 0 Å². The number of aromatic hydroxyl groups is 1. The van der Waals surface area contributed by atoms with E-state index in [1.807, 2.05) is 61.5 Å². The average Bonchev–Trinajstić information content (AvgIpc) is 3.15. The molecule has 196 valence electrons. The van der Waals surface area contributed by atoms with E-state index in [9.17, 15) is 24.9 Å². The second kappa shape index (κ2) is 10.5. The van der Waals surface area contributed by atoms with E-state index in [1.165, 1.54) is 7.05 Å². The third kappa shape index (κ3) is 4.52. The van der Waals surface area contributed by atoms with Crippen LogP contribution < -0.4 is 0 Å². The first kappa shape index (κ1) is 25.8. The lowest BCUT2D eigenvalue weighted by atomic mass is 9.68. The summed E-state index contributed by atoms with van der Waals surface area (Å²) in [5, 5.41) is 33.6. The lowest BCUT2D eigenvalue weighted by Gasteiger charge is -2.35. The molecular formula is C31H32N2O5. The molecule has 7 heteroatoms. The van der Waals surface area contributed by atoms with E-state index in [4.69, 9.17) is 0 Å². The zero-order valence-corrected chi connectivity index (χ0v) is 21.5. The van der Waals surface area contributed by atoms with E-state index in [0.29, 0.717) is 24.8 Å². The van der Waals surface area contributed by atoms with Crippen LogP contribution in [0.5, 0.6) is 5.75 Å². The number of carbonyl (C=O) groups is 2. The number of benzene rings is 2. The molecule has 0 unspecified atom stereocenters. The van der Waals surface area contributed by atoms with Crippen molar-refractivity contribution in [3.63, 3.8) is 0 Å². The van der Waals surface area contributed by atoms with Gasteiger partial charge in [0.2, 0.25) is 11.8 Å². The van der Waals surface area contributed by atoms with Crippen LogP contribution in [0.1, 0.15) is 37.4 Å². The van der Waals surface area contributed by atoms with Crippen LogP contribution in [0, 0.1) is 17.8 Å². The lowest BCUT2D eigenvalue weighted by Crippen LogP contribution is -2.38. The second-order valence-electron chi connectivity index (χ2n) is 10.3. The molecule has 1 aliphatic carbocycles. The number of aliphatic hydroxyl groups excluding tert-OH is 2. The normalized spacial score (nSPS) is 22.8. The van der Waals surface area contributed by atoms with Crippen LogP contribution in [0.25, 0.3) is 22.4 Å². The number of phenols is 1. The van der Waals surface area contributed by atoms with Crippen LogP contribution in [0.3, 0.4) is 0 Å². The van der Waals surface area contributed by atoms with E-state index in [-0.39, 0.29) is 24.2 Å². The largest absolute Gasteiger partial charge is 0.507 e. The predicted octanol–water partition coefficient (Wildman–Crippen LogP) is 4.18. The number of fused-ring (bicyclic) bond motifs is 2. The first-order chi connectivity index (χ1) is 18.3. The van der Waals surface area contributed by atoms with Crippen molar-refractivity contribution in [1.29, 1.82) is 0 Å². The van der Waals surface area contributed by atoms with Crippen molar-refractivity contribution in [3.05, 3.63) is 83.2 Å². The number of phenolic OH excluding ortho intramolecular Hbond substituents is 1. The Morgan fingerprint density at radius 3 is 2.53 bits per heavy atom. The van der Waals surface area contributed by atoms with Gasteiger partial charge in [-0.15, -0.1) is 0 Å². The highest BCUT2D eigenvalue weighted by molar-refractivity contribution is 6.05. The molecule has 2 amide bonds. The van der Waals surface area contributed by atoms with Gasteiger partial charge in [-0.2, -0.15) is 0 Å². The Hall–Kier alpha value is -3.81. The van der Waals surface area contributed by atoms with E-state index in [1.54, 1.807) is 12.3 Å². The lowest BCUT2D eigenvalue weighted by molar-refractivity contribution is -0.138. The maximum absolute atomic E-state index is 12.8. The molecule has 0 bridgehead atoms. The van der Waals surface area contributed by atoms with Gasteiger partial charge in [-0.1, -0.05) is 42.0 Å². The molecule has 1 fully saturated rings. The number of rotatable bonds is 7. The number of nitrogens with zero attached hydrogens (tertiary/aromatic N) is 2. The number of aliphatic hydroxyl groups is 2. The highest BCUT2D eigenvalue weighted by Crippen LogP contribution is 2.45. The average molecular weight is 513 g/mol. The molecule has 0 saturated carbocycles. The number of aromatic nitrogens is 1. The molecule has 3 aromatic rings. The van der Waals surface area contributed by atoms with E-state index >= 15 is 0 Å². The maximum Gasteiger partial charge on any atom is 0.233 e. The summed E-state index contributed by atoms with van der Waals surface area (Å²) < 4.78 is 0. The summed E-state index contributed by atoms with van der Waals surface area (Å²) in [4.78, 5) is 31.1. The fourth-order valence-corrected chi connectivity index (χ4v) is 6.17. The van der Waals surface area contributed by atoms with Crippen LogP contribution in [-0.2, 0) is 9.59 Å². The number of allylic oxidation sites excluding steroid dienone is 2. The minimum Gasteiger partial charge on any atom is -0.507 e. The summed E-state index contributed by atoms with van der Waals surface area (Å²) in [6, 6.07) is 16.9. The Bertz CT molecular complexity index is 1450. The minimum atomic E-state index is -0.884. The Labute approximate surface area is 221 Å². The summed E-state index contributed by atoms with van der Waals surface area (Å²) in [7, 11) is 1.49. The van der Waals surface area contributed by atoms with Gasteiger partial charge in [0.1, 0.15) is 5.75 Å². The van der Waals surface area contributed by atoms with E-state index in [2.05, 4.69) is 4.98 Å². The Balaban J connectivity index is 1.46. The Kier molecular flexibility index (Phi) is 7.15. The monoisotopic (exact) mass is 512 g/mol. The molecule has 1 saturated heterocycles. The highest BCUT2D eigenvalue weighted by atomic mass is 16.3. The number of likely N-dealkylation sites (tertiary alicyclic amines) is 1. The van der Waals surface area contributed by atoms with Gasteiger partial charge in [-0.05, 0) is 72.6 Å². The van der Waals surface area contributed by atoms with Crippen molar-refractivity contribution in [2.24, 2.45) is 17.8 Å². The molecule has 4 atom stereocenters. The van der Waals surface area contributed by atoms with Crippen molar-refractivity contribution < 1.29 is 24.9 Å². The molecule has 1 aliphatic heterocycles. The summed E-state index contributed by atoms with van der Waals surface area (Å²) >= 11 is 0. The number of hydrogen-bond donors (Lipinski definition) is 3. The number of carbonyl (C=O) groups excluding carboxylic acids is 2. The molecule has 2 heterocycles. The summed E-state index contributed by atoms with van der Waals surface area (Å²) in [6.07, 6.45) is 4.13. The molecule has 7 nitrogen and oxygen atoms in total. The maximum atomic E-state index is 12.8. The van der Waals surface area contributed by atoms with Crippen LogP contribution in [-0.4, -0.2) is 56.8 Å². The van der Waals surface area contributed by atoms with Gasteiger partial charge in [-0.3, -0.25) is 19.5 Å². The minimum absolute atomic E-state index is 0.214. The molecule has 5 rings (SSSR count). The molecular weight excluding hydrogens is 480 g/mol. The van der Waals surface area contributed by atoms with Crippen molar-refractivity contribution in [3.8, 4) is 5.75 Å². The molecule has 38 heavy (non-hydrogen) atoms. The van der Waals surface area contributed by atoms with Crippen LogP contribution >= 0.6 is 0 Å².